The lowest BCUT2D eigenvalue weighted by molar-refractivity contribution is 0.907. The summed E-state index contributed by atoms with van der Waals surface area (Å²) in [4.78, 5) is 0. The van der Waals surface area contributed by atoms with Gasteiger partial charge >= 0.3 is 0 Å². The van der Waals surface area contributed by atoms with E-state index < -0.39 is 0 Å². The first-order valence-electron chi connectivity index (χ1n) is 8.04. The van der Waals surface area contributed by atoms with Gasteiger partial charge in [-0.15, -0.1) is 9.24 Å². The zero-order valence-electron chi connectivity index (χ0n) is 14.9. The van der Waals surface area contributed by atoms with E-state index in [4.69, 9.17) is 0 Å². The van der Waals surface area contributed by atoms with E-state index >= 15 is 0 Å². The average molecular weight is 324 g/mol. The molecule has 0 N–H and O–H groups in total. The highest BCUT2D eigenvalue weighted by Gasteiger charge is 2.14. The van der Waals surface area contributed by atoms with Gasteiger partial charge < -0.3 is 0 Å². The maximum Gasteiger partial charge on any atom is 0.00665 e. The molecule has 0 bridgehead atoms. The Bertz CT molecular complexity index is 634. The smallest absolute Gasteiger partial charge is 0.00665 e. The fraction of sp³-hybridized carbons (Fsp3) is 0.273. The van der Waals surface area contributed by atoms with Crippen molar-refractivity contribution in [3.05, 3.63) is 89.6 Å². The van der Waals surface area contributed by atoms with Gasteiger partial charge in [-0.3, -0.25) is 0 Å². The molecule has 0 aliphatic heterocycles. The SMILES string of the molecule is C=C/C=C\C=C(\C)C/C=C(\C=C)C(C)c1c(C)cc(C)cc1P. The predicted molar refractivity (Wildman–Crippen MR) is 110 cm³/mol. The van der Waals surface area contributed by atoms with Crippen LogP contribution in [0, 0.1) is 13.8 Å². The summed E-state index contributed by atoms with van der Waals surface area (Å²) in [7, 11) is 2.88. The lowest BCUT2D eigenvalue weighted by atomic mass is 9.88. The van der Waals surface area contributed by atoms with Crippen LogP contribution in [0.3, 0.4) is 0 Å². The Balaban J connectivity index is 3.04. The van der Waals surface area contributed by atoms with Crippen LogP contribution in [0.4, 0.5) is 0 Å². The highest BCUT2D eigenvalue weighted by atomic mass is 31.0. The quantitative estimate of drug-likeness (QED) is 0.420. The minimum atomic E-state index is 0.345. The Kier molecular flexibility index (Phi) is 8.00. The molecule has 0 fully saturated rings. The van der Waals surface area contributed by atoms with Crippen LogP contribution < -0.4 is 5.30 Å². The topological polar surface area (TPSA) is 0 Å². The first-order valence-corrected chi connectivity index (χ1v) is 8.62. The minimum Gasteiger partial charge on any atom is -0.105 e. The van der Waals surface area contributed by atoms with Crippen LogP contribution in [-0.2, 0) is 0 Å². The van der Waals surface area contributed by atoms with Crippen molar-refractivity contribution in [1.29, 1.82) is 0 Å². The Morgan fingerprint density at radius 1 is 1.22 bits per heavy atom. The fourth-order valence-electron chi connectivity index (χ4n) is 2.85. The van der Waals surface area contributed by atoms with Gasteiger partial charge in [0.05, 0.1) is 0 Å². The highest BCUT2D eigenvalue weighted by Crippen LogP contribution is 2.28. The maximum absolute atomic E-state index is 4.02. The molecule has 0 aliphatic carbocycles. The van der Waals surface area contributed by atoms with Gasteiger partial charge in [-0.2, -0.15) is 0 Å². The molecular formula is C22H29P. The summed E-state index contributed by atoms with van der Waals surface area (Å²) >= 11 is 0. The summed E-state index contributed by atoms with van der Waals surface area (Å²) in [6.45, 7) is 16.4. The minimum absolute atomic E-state index is 0.345. The van der Waals surface area contributed by atoms with Crippen molar-refractivity contribution in [3.8, 4) is 0 Å². The maximum atomic E-state index is 4.02. The Hall–Kier alpha value is -1.65. The van der Waals surface area contributed by atoms with Crippen molar-refractivity contribution < 1.29 is 0 Å². The van der Waals surface area contributed by atoms with Crippen LogP contribution in [0.25, 0.3) is 0 Å². The molecule has 0 radical (unpaired) electrons. The third kappa shape index (κ3) is 5.81. The van der Waals surface area contributed by atoms with E-state index in [2.05, 4.69) is 74.4 Å². The number of hydrogen-bond acceptors (Lipinski definition) is 0. The zero-order chi connectivity index (χ0) is 17.4. The summed E-state index contributed by atoms with van der Waals surface area (Å²) in [6, 6.07) is 4.49. The molecule has 23 heavy (non-hydrogen) atoms. The fourth-order valence-corrected chi connectivity index (χ4v) is 3.59. The van der Waals surface area contributed by atoms with Gasteiger partial charge in [0.25, 0.3) is 0 Å². The van der Waals surface area contributed by atoms with Gasteiger partial charge in [-0.25, -0.2) is 0 Å². The number of rotatable bonds is 7. The Labute approximate surface area is 144 Å². The van der Waals surface area contributed by atoms with Crippen molar-refractivity contribution in [2.45, 2.75) is 40.0 Å². The highest BCUT2D eigenvalue weighted by molar-refractivity contribution is 7.27. The molecule has 1 aromatic carbocycles. The van der Waals surface area contributed by atoms with Gasteiger partial charge in [0.15, 0.2) is 0 Å². The lowest BCUT2D eigenvalue weighted by Gasteiger charge is -2.20. The standard InChI is InChI=1S/C22H29P/c1-7-9-10-11-16(3)12-13-20(8-2)19(6)22-18(5)14-17(4)15-21(22)23/h7-11,13-15,19H,1-2,12,23H2,3-6H3/b10-9-,16-11-,20-13+. The second-order valence-electron chi connectivity index (χ2n) is 6.05. The molecule has 0 saturated carbocycles. The monoisotopic (exact) mass is 324 g/mol. The Morgan fingerprint density at radius 2 is 1.91 bits per heavy atom. The molecule has 1 aromatic rings. The second-order valence-corrected chi connectivity index (χ2v) is 6.67. The normalized spacial score (nSPS) is 14.1. The third-order valence-electron chi connectivity index (χ3n) is 4.02. The van der Waals surface area contributed by atoms with Crippen molar-refractivity contribution >= 4 is 14.5 Å². The molecule has 2 unspecified atom stereocenters. The Morgan fingerprint density at radius 3 is 2.48 bits per heavy atom. The van der Waals surface area contributed by atoms with Crippen LogP contribution in [0.15, 0.2) is 72.9 Å². The van der Waals surface area contributed by atoms with E-state index in [0.29, 0.717) is 5.92 Å². The third-order valence-corrected chi connectivity index (χ3v) is 4.50. The van der Waals surface area contributed by atoms with Crippen molar-refractivity contribution in [2.24, 2.45) is 0 Å². The molecular weight excluding hydrogens is 295 g/mol. The number of allylic oxidation sites excluding steroid dienone is 8. The van der Waals surface area contributed by atoms with E-state index in [0.717, 1.165) is 6.42 Å². The van der Waals surface area contributed by atoms with Crippen LogP contribution in [0.2, 0.25) is 0 Å². The summed E-state index contributed by atoms with van der Waals surface area (Å²) in [5.74, 6) is 0.345. The number of benzene rings is 1. The van der Waals surface area contributed by atoms with Crippen molar-refractivity contribution in [1.82, 2.24) is 0 Å². The van der Waals surface area contributed by atoms with E-state index in [1.165, 1.54) is 33.1 Å². The summed E-state index contributed by atoms with van der Waals surface area (Å²) < 4.78 is 0. The van der Waals surface area contributed by atoms with E-state index in [9.17, 15) is 0 Å². The largest absolute Gasteiger partial charge is 0.105 e. The summed E-state index contributed by atoms with van der Waals surface area (Å²) in [5, 5.41) is 1.28. The molecule has 0 spiro atoms. The van der Waals surface area contributed by atoms with E-state index in [-0.39, 0.29) is 0 Å². The van der Waals surface area contributed by atoms with Gasteiger partial charge in [-0.1, -0.05) is 79.8 Å². The number of aryl methyl sites for hydroxylation is 2. The molecule has 2 atom stereocenters. The van der Waals surface area contributed by atoms with Crippen LogP contribution >= 0.6 is 9.24 Å². The predicted octanol–water partition coefficient (Wildman–Crippen LogP) is 6.10. The van der Waals surface area contributed by atoms with Crippen molar-refractivity contribution in [2.75, 3.05) is 0 Å². The van der Waals surface area contributed by atoms with Gasteiger partial charge in [0.2, 0.25) is 0 Å². The average Bonchev–Trinajstić information content (AvgIpc) is 2.47. The molecule has 0 saturated heterocycles. The molecule has 122 valence electrons. The summed E-state index contributed by atoms with van der Waals surface area (Å²) in [6.07, 6.45) is 13.1. The molecule has 0 aliphatic rings. The molecule has 1 heteroatoms. The lowest BCUT2D eigenvalue weighted by Crippen LogP contribution is -2.10. The van der Waals surface area contributed by atoms with Crippen LogP contribution in [0.1, 0.15) is 42.9 Å². The van der Waals surface area contributed by atoms with Gasteiger partial charge in [0.1, 0.15) is 0 Å². The van der Waals surface area contributed by atoms with Gasteiger partial charge in [-0.05, 0) is 49.2 Å². The van der Waals surface area contributed by atoms with Crippen LogP contribution in [0.5, 0.6) is 0 Å². The van der Waals surface area contributed by atoms with Crippen molar-refractivity contribution in [3.63, 3.8) is 0 Å². The summed E-state index contributed by atoms with van der Waals surface area (Å²) in [5.41, 5.74) is 6.64. The first kappa shape index (κ1) is 19.4. The zero-order valence-corrected chi connectivity index (χ0v) is 16.0. The number of hydrogen-bond donors (Lipinski definition) is 0. The van der Waals surface area contributed by atoms with Crippen LogP contribution in [-0.4, -0.2) is 0 Å². The molecule has 0 amide bonds. The molecule has 1 rings (SSSR count). The molecule has 0 heterocycles. The second kappa shape index (κ2) is 9.48. The molecule has 0 nitrogen and oxygen atoms in total. The van der Waals surface area contributed by atoms with E-state index in [1.807, 2.05) is 18.2 Å². The van der Waals surface area contributed by atoms with Gasteiger partial charge in [0, 0.05) is 5.92 Å². The van der Waals surface area contributed by atoms with E-state index in [1.54, 1.807) is 6.08 Å². The molecule has 0 aromatic heterocycles. The first-order chi connectivity index (χ1) is 10.9.